The molecule has 0 amide bonds. The van der Waals surface area contributed by atoms with Gasteiger partial charge in [0.25, 0.3) is 0 Å². The number of alkyl halides is 3. The first-order chi connectivity index (χ1) is 17.9. The van der Waals surface area contributed by atoms with E-state index < -0.39 is 28.9 Å². The van der Waals surface area contributed by atoms with Crippen LogP contribution in [-0.2, 0) is 18.0 Å². The molecule has 0 spiro atoms. The number of nitrogens with zero attached hydrogens (tertiary/aromatic N) is 5. The molecule has 1 saturated heterocycles. The Bertz CT molecular complexity index is 1620. The van der Waals surface area contributed by atoms with Gasteiger partial charge in [0.1, 0.15) is 28.7 Å². The van der Waals surface area contributed by atoms with Crippen molar-refractivity contribution >= 4 is 11.2 Å². The number of ether oxygens (including phenoxy) is 1. The first kappa shape index (κ1) is 25.8. The fourth-order valence-corrected chi connectivity index (χ4v) is 4.51. The van der Waals surface area contributed by atoms with E-state index in [4.69, 9.17) is 4.74 Å². The first-order valence-corrected chi connectivity index (χ1v) is 11.8. The van der Waals surface area contributed by atoms with Crippen LogP contribution >= 0.6 is 0 Å². The lowest BCUT2D eigenvalue weighted by atomic mass is 9.91. The molecule has 4 aromatic rings. The number of fused-ring (bicyclic) bond motifs is 1. The number of aromatic nitrogens is 5. The van der Waals surface area contributed by atoms with Gasteiger partial charge in [-0.15, -0.1) is 0 Å². The molecule has 38 heavy (non-hydrogen) atoms. The summed E-state index contributed by atoms with van der Waals surface area (Å²) < 4.78 is 76.4. The highest BCUT2D eigenvalue weighted by molar-refractivity contribution is 5.87. The van der Waals surface area contributed by atoms with Crippen molar-refractivity contribution < 1.29 is 26.7 Å². The van der Waals surface area contributed by atoms with Crippen LogP contribution in [0.1, 0.15) is 53.2 Å². The molecule has 0 aliphatic carbocycles. The quantitative estimate of drug-likeness (QED) is 0.332. The third-order valence-electron chi connectivity index (χ3n) is 6.71. The molecule has 198 valence electrons. The van der Waals surface area contributed by atoms with Crippen molar-refractivity contribution in [1.82, 2.24) is 24.5 Å². The minimum atomic E-state index is -5.06. The van der Waals surface area contributed by atoms with Crippen LogP contribution in [0.5, 0.6) is 0 Å². The third-order valence-corrected chi connectivity index (χ3v) is 6.71. The van der Waals surface area contributed by atoms with Gasteiger partial charge in [0.05, 0.1) is 23.1 Å². The summed E-state index contributed by atoms with van der Waals surface area (Å²) in [6.07, 6.45) is -2.83. The Balaban J connectivity index is 1.63. The minimum absolute atomic E-state index is 0.0524. The molecule has 0 N–H and O–H groups in total. The Morgan fingerprint density at radius 3 is 2.45 bits per heavy atom. The van der Waals surface area contributed by atoms with E-state index in [2.05, 4.69) is 19.9 Å². The minimum Gasteiger partial charge on any atom is -0.373 e. The van der Waals surface area contributed by atoms with Gasteiger partial charge in [-0.25, -0.2) is 28.7 Å². The Morgan fingerprint density at radius 2 is 1.74 bits per heavy atom. The maximum Gasteiger partial charge on any atom is 0.419 e. The van der Waals surface area contributed by atoms with Gasteiger partial charge in [0.2, 0.25) is 5.56 Å². The smallest absolute Gasteiger partial charge is 0.373 e. The standard InChI is InChI=1S/C26H22F5N5O2/c1-12-13(2)33-25-23(32-12)22(16-9-19(28)17(10-18(16)27)26(29,30)31)34-24(35-25)14-6-7-38-20(8-14)15-4-5-21(37)36(3)11-15/h4-5,9-11,14,20H,6-8H2,1-3H3/t14-,20-/m1/s1. The Kier molecular flexibility index (Phi) is 6.46. The Labute approximate surface area is 213 Å². The predicted molar refractivity (Wildman–Crippen MR) is 127 cm³/mol. The van der Waals surface area contributed by atoms with Crippen molar-refractivity contribution in [3.05, 3.63) is 80.8 Å². The van der Waals surface area contributed by atoms with Gasteiger partial charge in [-0.2, -0.15) is 13.2 Å². The van der Waals surface area contributed by atoms with Gasteiger partial charge >= 0.3 is 6.18 Å². The van der Waals surface area contributed by atoms with E-state index in [9.17, 15) is 22.4 Å². The number of pyridine rings is 1. The van der Waals surface area contributed by atoms with Crippen molar-refractivity contribution in [2.75, 3.05) is 6.61 Å². The van der Waals surface area contributed by atoms with Crippen LogP contribution in [0.15, 0.2) is 35.3 Å². The first-order valence-electron chi connectivity index (χ1n) is 11.8. The number of benzene rings is 1. The average molecular weight is 531 g/mol. The molecule has 3 aromatic heterocycles. The van der Waals surface area contributed by atoms with E-state index >= 15 is 4.39 Å². The van der Waals surface area contributed by atoms with E-state index in [0.29, 0.717) is 36.9 Å². The molecule has 1 aliphatic heterocycles. The summed E-state index contributed by atoms with van der Waals surface area (Å²) in [6.45, 7) is 3.72. The molecular formula is C26H22F5N5O2. The van der Waals surface area contributed by atoms with Crippen molar-refractivity contribution in [2.24, 2.45) is 7.05 Å². The second kappa shape index (κ2) is 9.50. The van der Waals surface area contributed by atoms with Crippen LogP contribution in [0.4, 0.5) is 22.0 Å². The topological polar surface area (TPSA) is 82.8 Å². The second-order valence-electron chi connectivity index (χ2n) is 9.30. The van der Waals surface area contributed by atoms with Crippen molar-refractivity contribution in [3.8, 4) is 11.3 Å². The van der Waals surface area contributed by atoms with Crippen LogP contribution in [0.25, 0.3) is 22.4 Å². The van der Waals surface area contributed by atoms with Crippen LogP contribution in [0.2, 0.25) is 0 Å². The van der Waals surface area contributed by atoms with Crippen molar-refractivity contribution in [1.29, 1.82) is 0 Å². The molecule has 7 nitrogen and oxygen atoms in total. The third kappa shape index (κ3) is 4.75. The molecule has 0 unspecified atom stereocenters. The number of hydrogen-bond acceptors (Lipinski definition) is 6. The maximum atomic E-state index is 15.1. The molecule has 5 rings (SSSR count). The molecule has 1 aromatic carbocycles. The summed E-state index contributed by atoms with van der Waals surface area (Å²) in [5.74, 6) is -2.94. The highest BCUT2D eigenvalue weighted by Crippen LogP contribution is 2.39. The van der Waals surface area contributed by atoms with Gasteiger partial charge in [0.15, 0.2) is 5.65 Å². The number of aryl methyl sites for hydroxylation is 3. The fraction of sp³-hybridized carbons (Fsp3) is 0.346. The summed E-state index contributed by atoms with van der Waals surface area (Å²) in [6, 6.07) is 3.73. The van der Waals surface area contributed by atoms with Crippen LogP contribution < -0.4 is 5.56 Å². The molecule has 2 atom stereocenters. The lowest BCUT2D eigenvalue weighted by molar-refractivity contribution is -0.140. The summed E-state index contributed by atoms with van der Waals surface area (Å²) in [7, 11) is 1.63. The molecule has 1 fully saturated rings. The molecule has 4 heterocycles. The van der Waals surface area contributed by atoms with Gasteiger partial charge in [0, 0.05) is 37.4 Å². The lowest BCUT2D eigenvalue weighted by Gasteiger charge is -2.29. The van der Waals surface area contributed by atoms with Gasteiger partial charge < -0.3 is 9.30 Å². The van der Waals surface area contributed by atoms with E-state index in [1.165, 1.54) is 10.6 Å². The zero-order chi connectivity index (χ0) is 27.4. The highest BCUT2D eigenvalue weighted by atomic mass is 19.4. The van der Waals surface area contributed by atoms with Crippen molar-refractivity contribution in [3.63, 3.8) is 0 Å². The molecule has 12 heteroatoms. The average Bonchev–Trinajstić information content (AvgIpc) is 2.86. The fourth-order valence-electron chi connectivity index (χ4n) is 4.51. The largest absolute Gasteiger partial charge is 0.419 e. The maximum absolute atomic E-state index is 15.1. The normalized spacial score (nSPS) is 18.2. The van der Waals surface area contributed by atoms with E-state index in [1.807, 2.05) is 0 Å². The summed E-state index contributed by atoms with van der Waals surface area (Å²) in [5.41, 5.74) is -0.488. The summed E-state index contributed by atoms with van der Waals surface area (Å²) in [4.78, 5) is 29.7. The van der Waals surface area contributed by atoms with Gasteiger partial charge in [-0.1, -0.05) is 0 Å². The summed E-state index contributed by atoms with van der Waals surface area (Å²) >= 11 is 0. The van der Waals surface area contributed by atoms with Crippen LogP contribution in [-0.4, -0.2) is 31.1 Å². The Morgan fingerprint density at radius 1 is 1.00 bits per heavy atom. The lowest BCUT2D eigenvalue weighted by Crippen LogP contribution is -2.23. The number of hydrogen-bond donors (Lipinski definition) is 0. The zero-order valence-corrected chi connectivity index (χ0v) is 20.6. The van der Waals surface area contributed by atoms with Crippen molar-refractivity contribution in [2.45, 2.75) is 44.9 Å². The molecule has 1 aliphatic rings. The van der Waals surface area contributed by atoms with E-state index in [-0.39, 0.29) is 46.3 Å². The van der Waals surface area contributed by atoms with Crippen LogP contribution in [0.3, 0.4) is 0 Å². The molecule has 0 radical (unpaired) electrons. The zero-order valence-electron chi connectivity index (χ0n) is 20.6. The second-order valence-corrected chi connectivity index (χ2v) is 9.30. The molecule has 0 saturated carbocycles. The highest BCUT2D eigenvalue weighted by Gasteiger charge is 2.36. The van der Waals surface area contributed by atoms with Gasteiger partial charge in [-0.05, 0) is 50.5 Å². The van der Waals surface area contributed by atoms with Crippen LogP contribution in [0, 0.1) is 25.5 Å². The Hall–Kier alpha value is -3.80. The van der Waals surface area contributed by atoms with Gasteiger partial charge in [-0.3, -0.25) is 4.79 Å². The SMILES string of the molecule is Cc1nc2nc([C@@H]3CCO[C@@H](c4ccc(=O)n(C)c4)C3)nc(-c3cc(F)c(C(F)(F)F)cc3F)c2nc1C. The predicted octanol–water partition coefficient (Wildman–Crippen LogP) is 5.33. The number of halogens is 5. The molecule has 0 bridgehead atoms. The summed E-state index contributed by atoms with van der Waals surface area (Å²) in [5, 5.41) is 0. The monoisotopic (exact) mass is 531 g/mol. The van der Waals surface area contributed by atoms with E-state index in [1.54, 1.807) is 33.2 Å². The molecular weight excluding hydrogens is 509 g/mol. The van der Waals surface area contributed by atoms with E-state index in [0.717, 1.165) is 5.56 Å². The number of rotatable bonds is 3.